The highest BCUT2D eigenvalue weighted by atomic mass is 32.2. The fourth-order valence-corrected chi connectivity index (χ4v) is 4.95. The Morgan fingerprint density at radius 2 is 1.71 bits per heavy atom. The van der Waals surface area contributed by atoms with E-state index in [9.17, 15) is 13.2 Å². The number of piperidine rings is 1. The van der Waals surface area contributed by atoms with Crippen LogP contribution in [0.2, 0.25) is 0 Å². The highest BCUT2D eigenvalue weighted by Gasteiger charge is 2.38. The molecule has 8 nitrogen and oxygen atoms in total. The van der Waals surface area contributed by atoms with Crippen LogP contribution < -0.4 is 4.74 Å². The summed E-state index contributed by atoms with van der Waals surface area (Å²) < 4.78 is 34.8. The van der Waals surface area contributed by atoms with Crippen LogP contribution in [0.4, 0.5) is 4.79 Å². The summed E-state index contributed by atoms with van der Waals surface area (Å²) in [6, 6.07) is 7.08. The van der Waals surface area contributed by atoms with Crippen molar-refractivity contribution in [3.63, 3.8) is 0 Å². The molecule has 1 aliphatic heterocycles. The number of carbonyl (C=O) groups is 1. The van der Waals surface area contributed by atoms with E-state index in [0.29, 0.717) is 12.6 Å². The number of amides is 1. The van der Waals surface area contributed by atoms with Crippen molar-refractivity contribution in [2.75, 3.05) is 12.9 Å². The van der Waals surface area contributed by atoms with Gasteiger partial charge < -0.3 is 14.4 Å². The van der Waals surface area contributed by atoms with Crippen molar-refractivity contribution in [1.82, 2.24) is 14.9 Å². The van der Waals surface area contributed by atoms with Gasteiger partial charge in [-0.2, -0.15) is 0 Å². The quantitative estimate of drug-likeness (QED) is 0.578. The summed E-state index contributed by atoms with van der Waals surface area (Å²) in [5.41, 5.74) is 1.08. The van der Waals surface area contributed by atoms with Gasteiger partial charge in [0.1, 0.15) is 5.60 Å². The van der Waals surface area contributed by atoms with E-state index in [-0.39, 0.29) is 29.0 Å². The molecule has 1 aliphatic rings. The predicted octanol–water partition coefficient (Wildman–Crippen LogP) is 4.74. The third kappa shape index (κ3) is 6.68. The Morgan fingerprint density at radius 1 is 1.09 bits per heavy atom. The van der Waals surface area contributed by atoms with Crippen LogP contribution in [-0.2, 0) is 14.6 Å². The molecule has 0 aliphatic carbocycles. The molecule has 34 heavy (non-hydrogen) atoms. The lowest BCUT2D eigenvalue weighted by atomic mass is 9.86. The number of hydrogen-bond donors (Lipinski definition) is 0. The Balaban J connectivity index is 1.59. The summed E-state index contributed by atoms with van der Waals surface area (Å²) in [6.45, 7) is 10.3. The van der Waals surface area contributed by atoms with Crippen molar-refractivity contribution in [1.29, 1.82) is 0 Å². The molecule has 0 saturated carbocycles. The molecule has 1 aromatic carbocycles. The summed E-state index contributed by atoms with van der Waals surface area (Å²) in [5, 5.41) is 0. The first-order valence-electron chi connectivity index (χ1n) is 11.6. The van der Waals surface area contributed by atoms with Gasteiger partial charge in [0.15, 0.2) is 9.84 Å². The Hall–Kier alpha value is -2.68. The second kappa shape index (κ2) is 10.3. The number of nitrogens with zero attached hydrogens (tertiary/aromatic N) is 3. The van der Waals surface area contributed by atoms with Gasteiger partial charge in [-0.3, -0.25) is 0 Å². The largest absolute Gasteiger partial charge is 0.463 e. The lowest BCUT2D eigenvalue weighted by Crippen LogP contribution is -2.53. The Kier molecular flexibility index (Phi) is 7.85. The number of sulfone groups is 1. The van der Waals surface area contributed by atoms with Crippen LogP contribution in [0.25, 0.3) is 11.1 Å². The third-order valence-electron chi connectivity index (χ3n) is 5.92. The van der Waals surface area contributed by atoms with Crippen molar-refractivity contribution in [2.24, 2.45) is 5.92 Å². The van der Waals surface area contributed by atoms with E-state index in [1.54, 1.807) is 36.7 Å². The first kappa shape index (κ1) is 25.9. The molecule has 3 rings (SSSR count). The molecule has 1 saturated heterocycles. The highest BCUT2D eigenvalue weighted by Crippen LogP contribution is 2.31. The minimum absolute atomic E-state index is 0.0559. The second-order valence-corrected chi connectivity index (χ2v) is 12.0. The van der Waals surface area contributed by atoms with Gasteiger partial charge in [-0.25, -0.2) is 23.2 Å². The number of ether oxygens (including phenoxy) is 2. The van der Waals surface area contributed by atoms with Gasteiger partial charge in [-0.15, -0.1) is 0 Å². The SMILES string of the molecule is CCC1C[C@@H](COc2ncc(-c3ccc(S(C)(=O)=O)cc3)cn2)CC(C)N1C(=O)OC(C)(C)C. The fourth-order valence-electron chi connectivity index (χ4n) is 4.32. The molecule has 1 fully saturated rings. The van der Waals surface area contributed by atoms with Gasteiger partial charge in [0.2, 0.25) is 0 Å². The Bertz CT molecular complexity index is 1080. The molecule has 0 radical (unpaired) electrons. The van der Waals surface area contributed by atoms with Gasteiger partial charge >= 0.3 is 12.1 Å². The van der Waals surface area contributed by atoms with Crippen molar-refractivity contribution < 1.29 is 22.7 Å². The maximum Gasteiger partial charge on any atom is 0.410 e. The molecule has 2 unspecified atom stereocenters. The van der Waals surface area contributed by atoms with Crippen molar-refractivity contribution in [3.05, 3.63) is 36.7 Å². The van der Waals surface area contributed by atoms with Crippen LogP contribution in [0.5, 0.6) is 6.01 Å². The summed E-state index contributed by atoms with van der Waals surface area (Å²) in [7, 11) is -3.23. The normalized spacial score (nSPS) is 21.2. The fraction of sp³-hybridized carbons (Fsp3) is 0.560. The van der Waals surface area contributed by atoms with E-state index >= 15 is 0 Å². The number of rotatable bonds is 6. The number of likely N-dealkylation sites (tertiary alicyclic amines) is 1. The molecule has 1 amide bonds. The van der Waals surface area contributed by atoms with Crippen LogP contribution in [0, 0.1) is 5.92 Å². The maximum absolute atomic E-state index is 12.7. The zero-order valence-corrected chi connectivity index (χ0v) is 21.6. The minimum Gasteiger partial charge on any atom is -0.463 e. The molecular formula is C25H35N3O5S. The third-order valence-corrected chi connectivity index (χ3v) is 7.04. The molecular weight excluding hydrogens is 454 g/mol. The number of benzene rings is 1. The summed E-state index contributed by atoms with van der Waals surface area (Å²) in [6.07, 6.45) is 6.77. The molecule has 9 heteroatoms. The molecule has 0 bridgehead atoms. The topological polar surface area (TPSA) is 98.7 Å². The van der Waals surface area contributed by atoms with Crippen molar-refractivity contribution in [2.45, 2.75) is 76.5 Å². The molecule has 186 valence electrons. The van der Waals surface area contributed by atoms with Gasteiger partial charge in [0, 0.05) is 36.3 Å². The van der Waals surface area contributed by atoms with E-state index in [4.69, 9.17) is 9.47 Å². The van der Waals surface area contributed by atoms with Crippen molar-refractivity contribution >= 4 is 15.9 Å². The van der Waals surface area contributed by atoms with Crippen LogP contribution in [0.15, 0.2) is 41.6 Å². The number of aromatic nitrogens is 2. The average Bonchev–Trinajstić information content (AvgIpc) is 2.75. The molecule has 1 aromatic heterocycles. The number of carbonyl (C=O) groups excluding carboxylic acids is 1. The zero-order valence-electron chi connectivity index (χ0n) is 20.8. The molecule has 2 heterocycles. The molecule has 2 aromatic rings. The molecule has 0 spiro atoms. The van der Waals surface area contributed by atoms with Crippen LogP contribution >= 0.6 is 0 Å². The zero-order chi connectivity index (χ0) is 25.1. The van der Waals surface area contributed by atoms with E-state index in [0.717, 1.165) is 30.4 Å². The summed E-state index contributed by atoms with van der Waals surface area (Å²) in [5.74, 6) is 0.283. The van der Waals surface area contributed by atoms with Gasteiger partial charge in [-0.05, 0) is 70.6 Å². The monoisotopic (exact) mass is 489 g/mol. The van der Waals surface area contributed by atoms with Crippen molar-refractivity contribution in [3.8, 4) is 17.1 Å². The minimum atomic E-state index is -3.23. The van der Waals surface area contributed by atoms with Gasteiger partial charge in [0.05, 0.1) is 11.5 Å². The van der Waals surface area contributed by atoms with Gasteiger partial charge in [0.25, 0.3) is 0 Å². The number of hydrogen-bond acceptors (Lipinski definition) is 7. The average molecular weight is 490 g/mol. The predicted molar refractivity (Wildman–Crippen MR) is 130 cm³/mol. The Labute approximate surface area is 202 Å². The van der Waals surface area contributed by atoms with E-state index in [1.807, 2.05) is 25.7 Å². The van der Waals surface area contributed by atoms with Crippen LogP contribution in [-0.4, -0.2) is 59.9 Å². The van der Waals surface area contributed by atoms with Crippen LogP contribution in [0.3, 0.4) is 0 Å². The van der Waals surface area contributed by atoms with Crippen LogP contribution in [0.1, 0.15) is 53.9 Å². The smallest absolute Gasteiger partial charge is 0.410 e. The standard InChI is InChI=1S/C25H35N3O5S/c1-7-21-13-18(12-17(2)28(21)24(29)33-25(3,4)5)16-32-23-26-14-20(15-27-23)19-8-10-22(11-9-19)34(6,30)31/h8-11,14-15,17-18,21H,7,12-13,16H2,1-6H3/t17?,18-,21?/m0/s1. The molecule has 3 atom stereocenters. The van der Waals surface area contributed by atoms with Gasteiger partial charge in [-0.1, -0.05) is 19.1 Å². The maximum atomic E-state index is 12.7. The molecule has 0 N–H and O–H groups in total. The van der Waals surface area contributed by atoms with E-state index < -0.39 is 15.4 Å². The summed E-state index contributed by atoms with van der Waals surface area (Å²) in [4.78, 5) is 23.5. The first-order valence-corrected chi connectivity index (χ1v) is 13.5. The highest BCUT2D eigenvalue weighted by molar-refractivity contribution is 7.90. The van der Waals surface area contributed by atoms with E-state index in [2.05, 4.69) is 23.8 Å². The lowest BCUT2D eigenvalue weighted by molar-refractivity contribution is -0.0151. The summed E-state index contributed by atoms with van der Waals surface area (Å²) >= 11 is 0. The van der Waals surface area contributed by atoms with E-state index in [1.165, 1.54) is 6.26 Å². The lowest BCUT2D eigenvalue weighted by Gasteiger charge is -2.43. The second-order valence-electron chi connectivity index (χ2n) is 10.00. The first-order chi connectivity index (χ1) is 15.9. The Morgan fingerprint density at radius 3 is 2.24 bits per heavy atom.